The molecule has 0 spiro atoms. The summed E-state index contributed by atoms with van der Waals surface area (Å²) in [6, 6.07) is 4.83. The van der Waals surface area contributed by atoms with Crippen molar-refractivity contribution in [3.05, 3.63) is 23.8 Å². The van der Waals surface area contributed by atoms with Gasteiger partial charge >= 0.3 is 6.16 Å². The molecule has 0 aromatic heterocycles. The minimum absolute atomic E-state index is 0.198. The molecule has 1 saturated heterocycles. The Morgan fingerprint density at radius 1 is 1.28 bits per heavy atom. The zero-order valence-electron chi connectivity index (χ0n) is 14.2. The number of hydrogen-bond acceptors (Lipinski definition) is 8. The molecular weight excluding hydrogens is 330 g/mol. The quantitative estimate of drug-likeness (QED) is 0.347. The summed E-state index contributed by atoms with van der Waals surface area (Å²) in [6.45, 7) is 3.01. The van der Waals surface area contributed by atoms with Crippen LogP contribution in [0.5, 0.6) is 11.5 Å². The lowest BCUT2D eigenvalue weighted by Gasteiger charge is -2.25. The molecule has 1 amide bonds. The summed E-state index contributed by atoms with van der Waals surface area (Å²) in [5.41, 5.74) is 3.14. The Hall–Kier alpha value is -2.65. The maximum Gasteiger partial charge on any atom is 0.513 e. The number of carbonyl (C=O) groups excluding carboxylic acids is 2. The summed E-state index contributed by atoms with van der Waals surface area (Å²) < 4.78 is 19.8. The molecule has 1 heterocycles. The van der Waals surface area contributed by atoms with Crippen molar-refractivity contribution in [2.24, 2.45) is 5.10 Å². The molecule has 1 aromatic carbocycles. The number of amides is 1. The molecule has 0 bridgehead atoms. The van der Waals surface area contributed by atoms with E-state index in [0.717, 1.165) is 13.1 Å². The molecule has 2 rings (SSSR count). The highest BCUT2D eigenvalue weighted by Gasteiger charge is 2.13. The average Bonchev–Trinajstić information content (AvgIpc) is 2.63. The van der Waals surface area contributed by atoms with E-state index in [1.807, 2.05) is 4.90 Å². The fourth-order valence-electron chi connectivity index (χ4n) is 2.16. The van der Waals surface area contributed by atoms with E-state index in [9.17, 15) is 9.59 Å². The largest absolute Gasteiger partial charge is 0.513 e. The van der Waals surface area contributed by atoms with Gasteiger partial charge in [0.1, 0.15) is 0 Å². The molecule has 9 heteroatoms. The number of morpholine rings is 1. The number of methoxy groups -OCH3 is 2. The van der Waals surface area contributed by atoms with Gasteiger partial charge in [0, 0.05) is 13.1 Å². The van der Waals surface area contributed by atoms with Gasteiger partial charge in [-0.1, -0.05) is 0 Å². The van der Waals surface area contributed by atoms with Crippen molar-refractivity contribution in [3.63, 3.8) is 0 Å². The van der Waals surface area contributed by atoms with E-state index >= 15 is 0 Å². The van der Waals surface area contributed by atoms with Crippen LogP contribution in [-0.2, 0) is 14.3 Å². The third-order valence-corrected chi connectivity index (χ3v) is 3.42. The Morgan fingerprint density at radius 2 is 2.04 bits per heavy atom. The zero-order chi connectivity index (χ0) is 18.1. The molecule has 9 nitrogen and oxygen atoms in total. The standard InChI is InChI=1S/C16H21N3O6/c1-22-14-9-12(3-4-13(14)25-16(21)23-2)10-17-18-15(20)11-19-5-7-24-8-6-19/h3-4,9-10H,5-8,11H2,1-2H3,(H,18,20)/b17-10+. The molecule has 0 atom stereocenters. The first-order chi connectivity index (χ1) is 12.1. The van der Waals surface area contributed by atoms with E-state index in [1.165, 1.54) is 20.4 Å². The van der Waals surface area contributed by atoms with Crippen molar-refractivity contribution in [2.75, 3.05) is 47.1 Å². The third kappa shape index (κ3) is 6.05. The molecule has 1 fully saturated rings. The van der Waals surface area contributed by atoms with Gasteiger partial charge in [-0.15, -0.1) is 0 Å². The van der Waals surface area contributed by atoms with E-state index in [4.69, 9.17) is 14.2 Å². The molecule has 136 valence electrons. The smallest absolute Gasteiger partial charge is 0.493 e. The van der Waals surface area contributed by atoms with E-state index in [0.29, 0.717) is 24.5 Å². The molecule has 0 radical (unpaired) electrons. The summed E-state index contributed by atoms with van der Waals surface area (Å²) in [7, 11) is 2.67. The van der Waals surface area contributed by atoms with Crippen molar-refractivity contribution >= 4 is 18.3 Å². The Kier molecular flexibility index (Phi) is 7.17. The molecule has 1 aliphatic heterocycles. The molecule has 1 aliphatic rings. The second kappa shape index (κ2) is 9.60. The van der Waals surface area contributed by atoms with Crippen molar-refractivity contribution in [1.29, 1.82) is 0 Å². The maximum atomic E-state index is 11.8. The van der Waals surface area contributed by atoms with E-state index < -0.39 is 6.16 Å². The van der Waals surface area contributed by atoms with Gasteiger partial charge in [-0.3, -0.25) is 9.69 Å². The minimum Gasteiger partial charge on any atom is -0.493 e. The number of benzene rings is 1. The second-order valence-corrected chi connectivity index (χ2v) is 5.15. The molecular formula is C16H21N3O6. The van der Waals surface area contributed by atoms with E-state index in [1.54, 1.807) is 18.2 Å². The average molecular weight is 351 g/mol. The number of ether oxygens (including phenoxy) is 4. The number of hydrazone groups is 1. The SMILES string of the molecule is COC(=O)Oc1ccc(/C=N/NC(=O)CN2CCOCC2)cc1OC. The van der Waals surface area contributed by atoms with Crippen molar-refractivity contribution in [1.82, 2.24) is 10.3 Å². The highest BCUT2D eigenvalue weighted by Crippen LogP contribution is 2.27. The first kappa shape index (κ1) is 18.7. The number of rotatable bonds is 6. The lowest BCUT2D eigenvalue weighted by Crippen LogP contribution is -2.42. The number of hydrogen-bond donors (Lipinski definition) is 1. The topological polar surface area (TPSA) is 98.7 Å². The van der Waals surface area contributed by atoms with Crippen molar-refractivity contribution in [2.45, 2.75) is 0 Å². The van der Waals surface area contributed by atoms with Gasteiger partial charge in [0.15, 0.2) is 11.5 Å². The summed E-state index contributed by atoms with van der Waals surface area (Å²) in [6.07, 6.45) is 0.636. The predicted molar refractivity (Wildman–Crippen MR) is 89.0 cm³/mol. The molecule has 1 N–H and O–H groups in total. The van der Waals surface area contributed by atoms with Crippen LogP contribution >= 0.6 is 0 Å². The number of nitrogens with one attached hydrogen (secondary N) is 1. The van der Waals surface area contributed by atoms with Gasteiger partial charge in [-0.05, 0) is 23.8 Å². The monoisotopic (exact) mass is 351 g/mol. The molecule has 1 aromatic rings. The molecule has 25 heavy (non-hydrogen) atoms. The summed E-state index contributed by atoms with van der Waals surface area (Å²) in [4.78, 5) is 25.0. The van der Waals surface area contributed by atoms with Crippen LogP contribution in [0.2, 0.25) is 0 Å². The fourth-order valence-corrected chi connectivity index (χ4v) is 2.16. The van der Waals surface area contributed by atoms with Crippen LogP contribution in [0.4, 0.5) is 4.79 Å². The number of carbonyl (C=O) groups is 2. The Labute approximate surface area is 145 Å². The molecule has 0 aliphatic carbocycles. The predicted octanol–water partition coefficient (Wildman–Crippen LogP) is 0.623. The highest BCUT2D eigenvalue weighted by atomic mass is 16.7. The zero-order valence-corrected chi connectivity index (χ0v) is 14.2. The van der Waals surface area contributed by atoms with E-state index in [2.05, 4.69) is 15.3 Å². The van der Waals surface area contributed by atoms with Gasteiger partial charge in [-0.2, -0.15) is 5.10 Å². The minimum atomic E-state index is -0.838. The summed E-state index contributed by atoms with van der Waals surface area (Å²) in [5, 5.41) is 3.92. The van der Waals surface area contributed by atoms with Crippen LogP contribution in [0.15, 0.2) is 23.3 Å². The van der Waals surface area contributed by atoms with Crippen molar-refractivity contribution in [3.8, 4) is 11.5 Å². The fraction of sp³-hybridized carbons (Fsp3) is 0.438. The maximum absolute atomic E-state index is 11.8. The van der Waals surface area contributed by atoms with Gasteiger partial charge in [-0.25, -0.2) is 10.2 Å². The van der Waals surface area contributed by atoms with Gasteiger partial charge < -0.3 is 18.9 Å². The first-order valence-electron chi connectivity index (χ1n) is 7.68. The Morgan fingerprint density at radius 3 is 2.72 bits per heavy atom. The third-order valence-electron chi connectivity index (χ3n) is 3.42. The van der Waals surface area contributed by atoms with Crippen LogP contribution in [-0.4, -0.2) is 70.2 Å². The Balaban J connectivity index is 1.89. The molecule has 0 unspecified atom stereocenters. The van der Waals surface area contributed by atoms with Crippen LogP contribution in [0.25, 0.3) is 0 Å². The van der Waals surface area contributed by atoms with E-state index in [-0.39, 0.29) is 18.2 Å². The summed E-state index contributed by atoms with van der Waals surface area (Å²) in [5.74, 6) is 0.368. The molecule has 0 saturated carbocycles. The van der Waals surface area contributed by atoms with Crippen LogP contribution in [0.1, 0.15) is 5.56 Å². The Bertz CT molecular complexity index is 628. The van der Waals surface area contributed by atoms with Crippen LogP contribution in [0.3, 0.4) is 0 Å². The first-order valence-corrected chi connectivity index (χ1v) is 7.68. The second-order valence-electron chi connectivity index (χ2n) is 5.15. The summed E-state index contributed by atoms with van der Waals surface area (Å²) >= 11 is 0. The lowest BCUT2D eigenvalue weighted by molar-refractivity contribution is -0.123. The van der Waals surface area contributed by atoms with Gasteiger partial charge in [0.05, 0.1) is 40.2 Å². The number of nitrogens with zero attached hydrogens (tertiary/aromatic N) is 2. The van der Waals surface area contributed by atoms with Crippen LogP contribution < -0.4 is 14.9 Å². The van der Waals surface area contributed by atoms with Crippen LogP contribution in [0, 0.1) is 0 Å². The van der Waals surface area contributed by atoms with Gasteiger partial charge in [0.25, 0.3) is 5.91 Å². The lowest BCUT2D eigenvalue weighted by atomic mass is 10.2. The highest BCUT2D eigenvalue weighted by molar-refractivity contribution is 5.84. The van der Waals surface area contributed by atoms with Gasteiger partial charge in [0.2, 0.25) is 0 Å². The normalized spacial score (nSPS) is 15.0. The van der Waals surface area contributed by atoms with Crippen molar-refractivity contribution < 1.29 is 28.5 Å².